The number of para-hydroxylation sites is 1. The molecule has 1 aromatic heterocycles. The van der Waals surface area contributed by atoms with Crippen molar-refractivity contribution < 1.29 is 18.8 Å². The second-order valence-corrected chi connectivity index (χ2v) is 5.57. The van der Waals surface area contributed by atoms with Crippen LogP contribution in [0.1, 0.15) is 5.56 Å². The fraction of sp³-hybridized carbons (Fsp3) is 0. The molecule has 0 spiro atoms. The maximum Gasteiger partial charge on any atom is 0.276 e. The second kappa shape index (κ2) is 8.54. The Morgan fingerprint density at radius 2 is 1.79 bits per heavy atom. The van der Waals surface area contributed by atoms with Crippen molar-refractivity contribution in [1.82, 2.24) is 4.98 Å². The molecule has 0 bridgehead atoms. The highest BCUT2D eigenvalue weighted by atomic mass is 19.1. The van der Waals surface area contributed by atoms with Gasteiger partial charge >= 0.3 is 0 Å². The molecule has 0 saturated carbocycles. The highest BCUT2D eigenvalue weighted by Crippen LogP contribution is 2.22. The maximum atomic E-state index is 12.9. The van der Waals surface area contributed by atoms with E-state index in [0.29, 0.717) is 17.1 Å². The summed E-state index contributed by atoms with van der Waals surface area (Å²) in [5.74, 6) is 0.298. The number of anilines is 1. The molecule has 0 radical (unpaired) electrons. The number of aromatic nitrogens is 1. The zero-order valence-corrected chi connectivity index (χ0v) is 14.4. The van der Waals surface area contributed by atoms with Crippen molar-refractivity contribution in [2.75, 3.05) is 5.32 Å². The third-order valence-corrected chi connectivity index (χ3v) is 3.58. The van der Waals surface area contributed by atoms with Crippen LogP contribution in [0.25, 0.3) is 6.08 Å². The number of rotatable bonds is 6. The summed E-state index contributed by atoms with van der Waals surface area (Å²) in [6.45, 7) is 0. The van der Waals surface area contributed by atoms with Gasteiger partial charge in [0, 0.05) is 12.1 Å². The summed E-state index contributed by atoms with van der Waals surface area (Å²) in [4.78, 5) is 26.5. The number of benzene rings is 2. The topological polar surface area (TPSA) is 94.4 Å². The van der Waals surface area contributed by atoms with Crippen LogP contribution in [0.2, 0.25) is 0 Å². The summed E-state index contributed by atoms with van der Waals surface area (Å²) in [6.07, 6.45) is 3.96. The first kappa shape index (κ1) is 18.7. The zero-order valence-electron chi connectivity index (χ0n) is 14.4. The first-order valence-electron chi connectivity index (χ1n) is 8.13. The van der Waals surface area contributed by atoms with Crippen molar-refractivity contribution >= 4 is 23.5 Å². The first-order valence-corrected chi connectivity index (χ1v) is 8.13. The molecule has 0 atom stereocenters. The highest BCUT2D eigenvalue weighted by molar-refractivity contribution is 6.01. The van der Waals surface area contributed by atoms with Gasteiger partial charge in [0.1, 0.15) is 23.1 Å². The molecule has 1 heterocycles. The Labute approximate surface area is 159 Å². The van der Waals surface area contributed by atoms with Gasteiger partial charge in [-0.2, -0.15) is 0 Å². The van der Waals surface area contributed by atoms with E-state index < -0.39 is 10.8 Å². The number of nitrogens with one attached hydrogen (secondary N) is 1. The molecular formula is C20H14FN3O4. The summed E-state index contributed by atoms with van der Waals surface area (Å²) in [6, 6.07) is 14.8. The van der Waals surface area contributed by atoms with Gasteiger partial charge in [-0.3, -0.25) is 14.9 Å². The SMILES string of the molecule is O=C(/C=C/c1ccccc1[N+](=O)[O-])Nc1ccc(Oc2ccc(F)cc2)cn1. The molecule has 0 saturated heterocycles. The van der Waals surface area contributed by atoms with Crippen LogP contribution in [0.15, 0.2) is 72.9 Å². The molecular weight excluding hydrogens is 365 g/mol. The van der Waals surface area contributed by atoms with Crippen LogP contribution in [-0.4, -0.2) is 15.8 Å². The third-order valence-electron chi connectivity index (χ3n) is 3.58. The average Bonchev–Trinajstić information content (AvgIpc) is 2.70. The number of amides is 1. The van der Waals surface area contributed by atoms with E-state index in [1.54, 1.807) is 24.3 Å². The average molecular weight is 379 g/mol. The lowest BCUT2D eigenvalue weighted by atomic mass is 10.1. The van der Waals surface area contributed by atoms with Crippen LogP contribution in [-0.2, 0) is 4.79 Å². The Morgan fingerprint density at radius 1 is 1.07 bits per heavy atom. The maximum absolute atomic E-state index is 12.9. The summed E-state index contributed by atoms with van der Waals surface area (Å²) in [5.41, 5.74) is 0.227. The van der Waals surface area contributed by atoms with Gasteiger partial charge in [0.2, 0.25) is 5.91 Å². The number of ether oxygens (including phenoxy) is 1. The molecule has 3 aromatic rings. The number of hydrogen-bond acceptors (Lipinski definition) is 5. The van der Waals surface area contributed by atoms with Gasteiger partial charge < -0.3 is 10.1 Å². The predicted molar refractivity (Wildman–Crippen MR) is 101 cm³/mol. The number of nitrogens with zero attached hydrogens (tertiary/aromatic N) is 2. The number of carbonyl (C=O) groups is 1. The van der Waals surface area contributed by atoms with Crippen molar-refractivity contribution in [2.24, 2.45) is 0 Å². The van der Waals surface area contributed by atoms with Gasteiger partial charge in [-0.1, -0.05) is 12.1 Å². The molecule has 0 unspecified atom stereocenters. The van der Waals surface area contributed by atoms with E-state index in [4.69, 9.17) is 4.74 Å². The molecule has 3 rings (SSSR count). The highest BCUT2D eigenvalue weighted by Gasteiger charge is 2.10. The van der Waals surface area contributed by atoms with E-state index in [2.05, 4.69) is 10.3 Å². The molecule has 7 nitrogen and oxygen atoms in total. The largest absolute Gasteiger partial charge is 0.456 e. The molecule has 0 fully saturated rings. The number of carbonyl (C=O) groups excluding carboxylic acids is 1. The van der Waals surface area contributed by atoms with Crippen LogP contribution < -0.4 is 10.1 Å². The van der Waals surface area contributed by atoms with Crippen LogP contribution >= 0.6 is 0 Å². The quantitative estimate of drug-likeness (QED) is 0.384. The lowest BCUT2D eigenvalue weighted by Crippen LogP contribution is -2.09. The number of halogens is 1. The molecule has 2 aromatic carbocycles. The van der Waals surface area contributed by atoms with Gasteiger partial charge in [0.25, 0.3) is 5.69 Å². The standard InChI is InChI=1S/C20H14FN3O4/c21-15-6-8-16(9-7-15)28-17-10-11-19(22-13-17)23-20(25)12-5-14-3-1-2-4-18(14)24(26)27/h1-13H,(H,22,23,25)/b12-5+. The minimum atomic E-state index is -0.515. The van der Waals surface area contributed by atoms with E-state index in [-0.39, 0.29) is 17.3 Å². The van der Waals surface area contributed by atoms with Gasteiger partial charge in [-0.15, -0.1) is 0 Å². The normalized spacial score (nSPS) is 10.6. The van der Waals surface area contributed by atoms with Gasteiger partial charge in [-0.05, 0) is 48.5 Å². The van der Waals surface area contributed by atoms with Crippen LogP contribution in [0.5, 0.6) is 11.5 Å². The van der Waals surface area contributed by atoms with Crippen LogP contribution in [0.4, 0.5) is 15.9 Å². The Morgan fingerprint density at radius 3 is 2.46 bits per heavy atom. The third kappa shape index (κ3) is 4.98. The number of nitro benzene ring substituents is 1. The lowest BCUT2D eigenvalue weighted by molar-refractivity contribution is -0.385. The van der Waals surface area contributed by atoms with Gasteiger partial charge in [0.15, 0.2) is 0 Å². The summed E-state index contributed by atoms with van der Waals surface area (Å²) in [5, 5.41) is 13.5. The number of hydrogen-bond donors (Lipinski definition) is 1. The van der Waals surface area contributed by atoms with Crippen LogP contribution in [0, 0.1) is 15.9 Å². The van der Waals surface area contributed by atoms with Gasteiger partial charge in [0.05, 0.1) is 16.7 Å². The fourth-order valence-corrected chi connectivity index (χ4v) is 2.28. The van der Waals surface area contributed by atoms with E-state index in [9.17, 15) is 19.3 Å². The molecule has 8 heteroatoms. The van der Waals surface area contributed by atoms with Crippen molar-refractivity contribution in [2.45, 2.75) is 0 Å². The Hall–Kier alpha value is -4.07. The van der Waals surface area contributed by atoms with Crippen LogP contribution in [0.3, 0.4) is 0 Å². The Balaban J connectivity index is 1.61. The first-order chi connectivity index (χ1) is 13.5. The molecule has 1 amide bonds. The Kier molecular flexibility index (Phi) is 5.71. The van der Waals surface area contributed by atoms with Crippen molar-refractivity contribution in [3.63, 3.8) is 0 Å². The smallest absolute Gasteiger partial charge is 0.276 e. The molecule has 28 heavy (non-hydrogen) atoms. The monoisotopic (exact) mass is 379 g/mol. The summed E-state index contributed by atoms with van der Waals surface area (Å²) >= 11 is 0. The number of pyridine rings is 1. The minimum Gasteiger partial charge on any atom is -0.456 e. The molecule has 0 aliphatic heterocycles. The van der Waals surface area contributed by atoms with Gasteiger partial charge in [-0.25, -0.2) is 9.37 Å². The van der Waals surface area contributed by atoms with Crippen molar-refractivity contribution in [3.8, 4) is 11.5 Å². The minimum absolute atomic E-state index is 0.0908. The lowest BCUT2D eigenvalue weighted by Gasteiger charge is -2.06. The predicted octanol–water partition coefficient (Wildman–Crippen LogP) is 4.57. The molecule has 0 aliphatic carbocycles. The van der Waals surface area contributed by atoms with E-state index in [0.717, 1.165) is 0 Å². The molecule has 140 valence electrons. The van der Waals surface area contributed by atoms with E-state index in [1.807, 2.05) is 0 Å². The second-order valence-electron chi connectivity index (χ2n) is 5.57. The molecule has 0 aliphatic rings. The summed E-state index contributed by atoms with van der Waals surface area (Å²) in [7, 11) is 0. The number of nitro groups is 1. The summed E-state index contributed by atoms with van der Waals surface area (Å²) < 4.78 is 18.4. The van der Waals surface area contributed by atoms with E-state index >= 15 is 0 Å². The fourth-order valence-electron chi connectivity index (χ4n) is 2.28. The van der Waals surface area contributed by atoms with E-state index in [1.165, 1.54) is 54.7 Å². The Bertz CT molecular complexity index is 1020. The zero-order chi connectivity index (χ0) is 19.9. The van der Waals surface area contributed by atoms with Crippen molar-refractivity contribution in [1.29, 1.82) is 0 Å². The molecule has 1 N–H and O–H groups in total. The van der Waals surface area contributed by atoms with Crippen molar-refractivity contribution in [3.05, 3.63) is 94.4 Å².